The fourth-order valence-corrected chi connectivity index (χ4v) is 3.66. The van der Waals surface area contributed by atoms with Crippen LogP contribution >= 0.6 is 23.2 Å². The SMILES string of the molecule is CC(C)C[C@H](N)C(=O)N(CC(=O)O)C(=O)OCc1ccccc1.O=CC(C(=O)O)c1c(Cl)cccc1Cl. The van der Waals surface area contributed by atoms with Crippen LogP contribution in [0.4, 0.5) is 4.79 Å². The molecule has 2 aromatic carbocycles. The summed E-state index contributed by atoms with van der Waals surface area (Å²) in [5, 5.41) is 18.0. The number of carbonyl (C=O) groups is 5. The molecule has 0 saturated heterocycles. The number of imide groups is 1. The van der Waals surface area contributed by atoms with Gasteiger partial charge >= 0.3 is 18.0 Å². The maximum atomic E-state index is 12.2. The van der Waals surface area contributed by atoms with Gasteiger partial charge in [0.15, 0.2) is 0 Å². The first-order chi connectivity index (χ1) is 17.4. The van der Waals surface area contributed by atoms with Gasteiger partial charge in [-0.2, -0.15) is 0 Å². The zero-order valence-corrected chi connectivity index (χ0v) is 21.7. The number of aliphatic carboxylic acids is 2. The van der Waals surface area contributed by atoms with Crippen molar-refractivity contribution in [3.05, 3.63) is 69.7 Å². The fraction of sp³-hybridized carbons (Fsp3) is 0.320. The Hall–Kier alpha value is -3.47. The number of carboxylic acid groups (broad SMARTS) is 2. The van der Waals surface area contributed by atoms with Crippen LogP contribution in [0.3, 0.4) is 0 Å². The molecule has 4 N–H and O–H groups in total. The van der Waals surface area contributed by atoms with Gasteiger partial charge in [0.2, 0.25) is 5.91 Å². The van der Waals surface area contributed by atoms with E-state index in [9.17, 15) is 24.0 Å². The van der Waals surface area contributed by atoms with Crippen LogP contribution in [-0.2, 0) is 30.5 Å². The number of hydrogen-bond acceptors (Lipinski definition) is 7. The van der Waals surface area contributed by atoms with E-state index in [2.05, 4.69) is 0 Å². The van der Waals surface area contributed by atoms with Crippen LogP contribution in [0.25, 0.3) is 0 Å². The molecule has 200 valence electrons. The van der Waals surface area contributed by atoms with E-state index in [1.807, 2.05) is 19.9 Å². The van der Waals surface area contributed by atoms with Crippen molar-refractivity contribution in [1.82, 2.24) is 4.90 Å². The highest BCUT2D eigenvalue weighted by Gasteiger charge is 2.30. The van der Waals surface area contributed by atoms with Gasteiger partial charge in [-0.15, -0.1) is 0 Å². The van der Waals surface area contributed by atoms with Gasteiger partial charge in [-0.3, -0.25) is 14.4 Å². The Kier molecular flexibility index (Phi) is 13.3. The number of ether oxygens (including phenoxy) is 1. The number of benzene rings is 2. The van der Waals surface area contributed by atoms with E-state index < -0.39 is 42.4 Å². The summed E-state index contributed by atoms with van der Waals surface area (Å²) in [5.41, 5.74) is 6.62. The zero-order valence-electron chi connectivity index (χ0n) is 20.2. The minimum atomic E-state index is -1.31. The van der Waals surface area contributed by atoms with Crippen molar-refractivity contribution >= 4 is 53.4 Å². The molecule has 0 radical (unpaired) electrons. The molecule has 0 bridgehead atoms. The van der Waals surface area contributed by atoms with Crippen molar-refractivity contribution in [2.45, 2.75) is 38.8 Å². The maximum absolute atomic E-state index is 12.2. The molecule has 2 atom stereocenters. The van der Waals surface area contributed by atoms with Crippen LogP contribution in [0, 0.1) is 5.92 Å². The van der Waals surface area contributed by atoms with Crippen molar-refractivity contribution in [2.75, 3.05) is 6.54 Å². The molecular formula is C25H28Cl2N2O8. The van der Waals surface area contributed by atoms with Crippen LogP contribution in [-0.4, -0.2) is 57.9 Å². The van der Waals surface area contributed by atoms with Gasteiger partial charge in [-0.25, -0.2) is 9.69 Å². The number of carbonyl (C=O) groups excluding carboxylic acids is 3. The normalized spacial score (nSPS) is 11.9. The fourth-order valence-electron chi connectivity index (χ4n) is 3.03. The summed E-state index contributed by atoms with van der Waals surface area (Å²) in [6.07, 6.45) is -0.364. The first-order valence-corrected chi connectivity index (χ1v) is 11.8. The van der Waals surface area contributed by atoms with Gasteiger partial charge in [0.25, 0.3) is 0 Å². The maximum Gasteiger partial charge on any atom is 0.417 e. The van der Waals surface area contributed by atoms with Gasteiger partial charge in [-0.05, 0) is 30.0 Å². The van der Waals surface area contributed by atoms with Crippen LogP contribution in [0.2, 0.25) is 10.0 Å². The monoisotopic (exact) mass is 554 g/mol. The molecule has 0 aromatic heterocycles. The third kappa shape index (κ3) is 10.6. The van der Waals surface area contributed by atoms with E-state index >= 15 is 0 Å². The minimum Gasteiger partial charge on any atom is -0.480 e. The van der Waals surface area contributed by atoms with Crippen molar-refractivity contribution in [1.29, 1.82) is 0 Å². The highest BCUT2D eigenvalue weighted by Crippen LogP contribution is 2.30. The summed E-state index contributed by atoms with van der Waals surface area (Å²) in [6.45, 7) is 2.92. The van der Waals surface area contributed by atoms with E-state index in [1.165, 1.54) is 12.1 Å². The molecule has 0 spiro atoms. The highest BCUT2D eigenvalue weighted by molar-refractivity contribution is 6.36. The van der Waals surface area contributed by atoms with E-state index in [0.717, 1.165) is 5.56 Å². The molecule has 1 unspecified atom stereocenters. The largest absolute Gasteiger partial charge is 0.480 e. The van der Waals surface area contributed by atoms with Gasteiger partial charge in [-0.1, -0.05) is 73.4 Å². The molecule has 12 heteroatoms. The van der Waals surface area contributed by atoms with E-state index in [0.29, 0.717) is 17.6 Å². The molecular weight excluding hydrogens is 527 g/mol. The van der Waals surface area contributed by atoms with Crippen LogP contribution < -0.4 is 5.73 Å². The minimum absolute atomic E-state index is 0.0531. The first kappa shape index (κ1) is 31.6. The standard InChI is InChI=1S/C16H22N2O5.C9H6Cl2O3/c1-11(2)8-13(17)15(21)18(9-14(19)20)16(22)23-10-12-6-4-3-5-7-12;10-6-2-1-3-7(11)8(6)5(4-12)9(13)14/h3-7,11,13H,8-10,17H2,1-2H3,(H,19,20);1-5H,(H,13,14)/t13-;/m0./s1. The predicted octanol–water partition coefficient (Wildman–Crippen LogP) is 3.97. The Morgan fingerprint density at radius 2 is 1.57 bits per heavy atom. The molecule has 2 rings (SSSR count). The third-order valence-electron chi connectivity index (χ3n) is 4.74. The van der Waals surface area contributed by atoms with Gasteiger partial charge in [0.1, 0.15) is 25.4 Å². The van der Waals surface area contributed by atoms with Crippen molar-refractivity contribution in [2.24, 2.45) is 11.7 Å². The molecule has 37 heavy (non-hydrogen) atoms. The van der Waals surface area contributed by atoms with E-state index in [4.69, 9.17) is 43.9 Å². The lowest BCUT2D eigenvalue weighted by Gasteiger charge is -2.22. The quantitative estimate of drug-likeness (QED) is 0.291. The molecule has 0 fully saturated rings. The number of halogens is 2. The average Bonchev–Trinajstić information content (AvgIpc) is 2.83. The second kappa shape index (κ2) is 15.6. The Morgan fingerprint density at radius 1 is 1.00 bits per heavy atom. The van der Waals surface area contributed by atoms with E-state index in [1.54, 1.807) is 30.3 Å². The lowest BCUT2D eigenvalue weighted by Crippen LogP contribution is -2.49. The first-order valence-electron chi connectivity index (χ1n) is 11.0. The van der Waals surface area contributed by atoms with Crippen molar-refractivity contribution in [3.8, 4) is 0 Å². The van der Waals surface area contributed by atoms with E-state index in [-0.39, 0.29) is 28.1 Å². The summed E-state index contributed by atoms with van der Waals surface area (Å²) < 4.78 is 5.01. The van der Waals surface area contributed by atoms with Crippen LogP contribution in [0.1, 0.15) is 37.3 Å². The number of nitrogens with two attached hydrogens (primary N) is 1. The van der Waals surface area contributed by atoms with Crippen LogP contribution in [0.5, 0.6) is 0 Å². The molecule has 0 aliphatic rings. The number of rotatable bonds is 10. The van der Waals surface area contributed by atoms with Crippen molar-refractivity contribution in [3.63, 3.8) is 0 Å². The van der Waals surface area contributed by atoms with Crippen molar-refractivity contribution < 1.29 is 38.9 Å². The molecule has 0 saturated carbocycles. The summed E-state index contributed by atoms with van der Waals surface area (Å²) >= 11 is 11.5. The number of carboxylic acids is 2. The Morgan fingerprint density at radius 3 is 2.03 bits per heavy atom. The van der Waals surface area contributed by atoms with Gasteiger partial charge in [0, 0.05) is 15.6 Å². The number of amides is 2. The summed E-state index contributed by atoms with van der Waals surface area (Å²) in [4.78, 5) is 56.9. The molecule has 0 heterocycles. The smallest absolute Gasteiger partial charge is 0.417 e. The number of nitrogens with zero attached hydrogens (tertiary/aromatic N) is 1. The Labute approximate surface area is 223 Å². The molecule has 10 nitrogen and oxygen atoms in total. The molecule has 2 aromatic rings. The van der Waals surface area contributed by atoms with Gasteiger partial charge in [0.05, 0.1) is 6.04 Å². The zero-order chi connectivity index (χ0) is 28.1. The molecule has 0 aliphatic carbocycles. The van der Waals surface area contributed by atoms with Gasteiger partial charge < -0.3 is 25.5 Å². The average molecular weight is 555 g/mol. The summed E-state index contributed by atoms with van der Waals surface area (Å²) in [5.74, 6) is -4.50. The third-order valence-corrected chi connectivity index (χ3v) is 5.40. The predicted molar refractivity (Wildman–Crippen MR) is 136 cm³/mol. The molecule has 2 amide bonds. The topological polar surface area (TPSA) is 164 Å². The second-order valence-corrected chi connectivity index (χ2v) is 9.00. The van der Waals surface area contributed by atoms with Crippen LogP contribution in [0.15, 0.2) is 48.5 Å². The Bertz CT molecular complexity index is 1080. The molecule has 0 aliphatic heterocycles. The lowest BCUT2D eigenvalue weighted by atomic mass is 10.0. The Balaban J connectivity index is 0.000000417. The summed E-state index contributed by atoms with van der Waals surface area (Å²) in [7, 11) is 0. The second-order valence-electron chi connectivity index (χ2n) is 8.18. The lowest BCUT2D eigenvalue weighted by molar-refractivity contribution is -0.144. The summed E-state index contributed by atoms with van der Waals surface area (Å²) in [6, 6.07) is 12.5. The number of aldehydes is 1. The highest BCUT2D eigenvalue weighted by atomic mass is 35.5. The number of hydrogen-bond donors (Lipinski definition) is 3.